The first-order chi connectivity index (χ1) is 15.5. The zero-order chi connectivity index (χ0) is 22.7. The third kappa shape index (κ3) is 5.12. The van der Waals surface area contributed by atoms with Crippen LogP contribution >= 0.6 is 23.7 Å². The summed E-state index contributed by atoms with van der Waals surface area (Å²) in [6.07, 6.45) is 6.23. The Morgan fingerprint density at radius 2 is 1.85 bits per heavy atom. The van der Waals surface area contributed by atoms with Gasteiger partial charge in [0.2, 0.25) is 0 Å². The van der Waals surface area contributed by atoms with Crippen LogP contribution in [0.2, 0.25) is 0 Å². The van der Waals surface area contributed by atoms with Gasteiger partial charge in [-0.15, -0.1) is 12.4 Å². The van der Waals surface area contributed by atoms with Gasteiger partial charge < -0.3 is 14.0 Å². The Hall–Kier alpha value is -3.10. The van der Waals surface area contributed by atoms with Crippen LogP contribution < -0.4 is 14.4 Å². The highest BCUT2D eigenvalue weighted by Gasteiger charge is 2.23. The number of rotatable bonds is 8. The average Bonchev–Trinajstić information content (AvgIpc) is 3.49. The van der Waals surface area contributed by atoms with Gasteiger partial charge in [0.1, 0.15) is 0 Å². The van der Waals surface area contributed by atoms with Crippen LogP contribution in [0, 0.1) is 13.8 Å². The largest absolute Gasteiger partial charge is 0.493 e. The van der Waals surface area contributed by atoms with Gasteiger partial charge >= 0.3 is 0 Å². The Morgan fingerprint density at radius 3 is 2.52 bits per heavy atom. The average molecular weight is 487 g/mol. The van der Waals surface area contributed by atoms with Crippen molar-refractivity contribution in [3.05, 3.63) is 65.7 Å². The molecular weight excluding hydrogens is 460 g/mol. The highest BCUT2D eigenvalue weighted by molar-refractivity contribution is 7.22. The van der Waals surface area contributed by atoms with Crippen LogP contribution in [0.4, 0.5) is 5.13 Å². The summed E-state index contributed by atoms with van der Waals surface area (Å²) in [6, 6.07) is 9.40. The number of anilines is 1. The molecule has 0 saturated carbocycles. The van der Waals surface area contributed by atoms with E-state index in [1.165, 1.54) is 0 Å². The molecule has 0 unspecified atom stereocenters. The predicted molar refractivity (Wildman–Crippen MR) is 134 cm³/mol. The molecule has 0 aliphatic rings. The predicted octanol–water partition coefficient (Wildman–Crippen LogP) is 5.29. The lowest BCUT2D eigenvalue weighted by atomic mass is 10.1. The summed E-state index contributed by atoms with van der Waals surface area (Å²) in [5, 5.41) is 0.697. The number of methoxy groups -OCH3 is 2. The number of carbonyl (C=O) groups excluding carboxylic acids is 1. The number of aromatic nitrogens is 3. The van der Waals surface area contributed by atoms with Gasteiger partial charge in [-0.1, -0.05) is 23.5 Å². The summed E-state index contributed by atoms with van der Waals surface area (Å²) in [5.41, 5.74) is 3.74. The van der Waals surface area contributed by atoms with Crippen molar-refractivity contribution in [3.63, 3.8) is 0 Å². The number of benzene rings is 2. The lowest BCUT2D eigenvalue weighted by Gasteiger charge is -2.20. The van der Waals surface area contributed by atoms with Gasteiger partial charge in [0.15, 0.2) is 16.6 Å². The van der Waals surface area contributed by atoms with Crippen molar-refractivity contribution in [1.82, 2.24) is 14.5 Å². The summed E-state index contributed by atoms with van der Waals surface area (Å²) in [4.78, 5) is 24.3. The van der Waals surface area contributed by atoms with Crippen LogP contribution in [0.25, 0.3) is 10.2 Å². The Bertz CT molecular complexity index is 1200. The molecule has 0 radical (unpaired) electrons. The number of hydrogen-bond donors (Lipinski definition) is 0. The van der Waals surface area contributed by atoms with E-state index in [0.717, 1.165) is 34.3 Å². The van der Waals surface area contributed by atoms with Crippen molar-refractivity contribution < 1.29 is 14.3 Å². The van der Waals surface area contributed by atoms with Gasteiger partial charge in [-0.25, -0.2) is 9.97 Å². The van der Waals surface area contributed by atoms with E-state index in [4.69, 9.17) is 14.5 Å². The lowest BCUT2D eigenvalue weighted by Crippen LogP contribution is -2.32. The quantitative estimate of drug-likeness (QED) is 0.338. The number of fused-ring (bicyclic) bond motifs is 1. The van der Waals surface area contributed by atoms with Crippen LogP contribution in [0.1, 0.15) is 27.9 Å². The standard InChI is InChI=1S/C24H26N4O3S.ClH/c1-16-6-7-17(2)22-21(16)26-24(32-22)28(12-5-11-27-13-10-25-15-27)23(29)18-8-9-19(30-3)20(14-18)31-4;/h6-10,13-15H,5,11-12H2,1-4H3;1H. The summed E-state index contributed by atoms with van der Waals surface area (Å²) in [5.74, 6) is 0.987. The molecule has 0 spiro atoms. The van der Waals surface area contributed by atoms with Crippen LogP contribution in [-0.4, -0.2) is 41.2 Å². The van der Waals surface area contributed by atoms with Gasteiger partial charge in [-0.2, -0.15) is 0 Å². The fourth-order valence-corrected chi connectivity index (χ4v) is 4.74. The maximum absolute atomic E-state index is 13.6. The second kappa shape index (κ2) is 10.7. The Kier molecular flexibility index (Phi) is 7.94. The van der Waals surface area contributed by atoms with Crippen molar-refractivity contribution in [2.24, 2.45) is 0 Å². The lowest BCUT2D eigenvalue weighted by molar-refractivity contribution is 0.0986. The highest BCUT2D eigenvalue weighted by atomic mass is 35.5. The number of aryl methyl sites for hydroxylation is 3. The fraction of sp³-hybridized carbons (Fsp3) is 0.292. The zero-order valence-electron chi connectivity index (χ0n) is 19.1. The van der Waals surface area contributed by atoms with E-state index < -0.39 is 0 Å². The number of nitrogens with zero attached hydrogens (tertiary/aromatic N) is 4. The number of imidazole rings is 1. The summed E-state index contributed by atoms with van der Waals surface area (Å²) in [7, 11) is 3.14. The molecular formula is C24H27ClN4O3S. The second-order valence-electron chi connectivity index (χ2n) is 7.55. The van der Waals surface area contributed by atoms with Gasteiger partial charge in [-0.05, 0) is 49.6 Å². The molecule has 7 nitrogen and oxygen atoms in total. The maximum Gasteiger partial charge on any atom is 0.260 e. The third-order valence-corrected chi connectivity index (χ3v) is 6.61. The van der Waals surface area contributed by atoms with Crippen molar-refractivity contribution in [1.29, 1.82) is 0 Å². The minimum absolute atomic E-state index is 0. The molecule has 33 heavy (non-hydrogen) atoms. The van der Waals surface area contributed by atoms with E-state index >= 15 is 0 Å². The third-order valence-electron chi connectivity index (χ3n) is 5.39. The molecule has 2 heterocycles. The van der Waals surface area contributed by atoms with E-state index in [2.05, 4.69) is 24.0 Å². The van der Waals surface area contributed by atoms with E-state index in [1.807, 2.05) is 17.7 Å². The molecule has 174 valence electrons. The molecule has 4 rings (SSSR count). The van der Waals surface area contributed by atoms with E-state index in [1.54, 1.807) is 61.2 Å². The molecule has 1 amide bonds. The highest BCUT2D eigenvalue weighted by Crippen LogP contribution is 2.35. The number of thiazole rings is 1. The van der Waals surface area contributed by atoms with E-state index in [-0.39, 0.29) is 18.3 Å². The van der Waals surface area contributed by atoms with Gasteiger partial charge in [0.05, 0.1) is 30.8 Å². The normalized spacial score (nSPS) is 10.7. The molecule has 9 heteroatoms. The number of carbonyl (C=O) groups is 1. The molecule has 0 saturated heterocycles. The molecule has 0 atom stereocenters. The van der Waals surface area contributed by atoms with Crippen molar-refractivity contribution >= 4 is 45.0 Å². The summed E-state index contributed by atoms with van der Waals surface area (Å²) in [6.45, 7) is 5.41. The van der Waals surface area contributed by atoms with Crippen molar-refractivity contribution in [2.75, 3.05) is 25.7 Å². The topological polar surface area (TPSA) is 69.5 Å². The van der Waals surface area contributed by atoms with Crippen LogP contribution in [0.15, 0.2) is 49.1 Å². The van der Waals surface area contributed by atoms with Gasteiger partial charge in [0, 0.05) is 31.0 Å². The first kappa shape index (κ1) is 24.5. The molecule has 2 aromatic heterocycles. The van der Waals surface area contributed by atoms with Gasteiger partial charge in [-0.3, -0.25) is 9.69 Å². The molecule has 4 aromatic rings. The van der Waals surface area contributed by atoms with Crippen LogP contribution in [0.3, 0.4) is 0 Å². The smallest absolute Gasteiger partial charge is 0.260 e. The summed E-state index contributed by atoms with van der Waals surface area (Å²) < 4.78 is 13.8. The van der Waals surface area contributed by atoms with E-state index in [9.17, 15) is 4.79 Å². The Morgan fingerprint density at radius 1 is 1.09 bits per heavy atom. The minimum atomic E-state index is -0.119. The Labute approximate surface area is 203 Å². The van der Waals surface area contributed by atoms with Crippen LogP contribution in [-0.2, 0) is 6.54 Å². The maximum atomic E-state index is 13.6. The molecule has 0 N–H and O–H groups in total. The first-order valence-electron chi connectivity index (χ1n) is 10.4. The minimum Gasteiger partial charge on any atom is -0.493 e. The molecule has 0 bridgehead atoms. The second-order valence-corrected chi connectivity index (χ2v) is 8.53. The molecule has 2 aromatic carbocycles. The molecule has 0 aliphatic carbocycles. The zero-order valence-corrected chi connectivity index (χ0v) is 20.7. The van der Waals surface area contributed by atoms with Crippen LogP contribution in [0.5, 0.6) is 11.5 Å². The number of ether oxygens (including phenoxy) is 2. The number of halogens is 1. The fourth-order valence-electron chi connectivity index (χ4n) is 3.60. The molecule has 0 fully saturated rings. The Balaban J connectivity index is 0.00000306. The van der Waals surface area contributed by atoms with Crippen molar-refractivity contribution in [2.45, 2.75) is 26.8 Å². The van der Waals surface area contributed by atoms with Gasteiger partial charge in [0.25, 0.3) is 5.91 Å². The van der Waals surface area contributed by atoms with Crippen molar-refractivity contribution in [3.8, 4) is 11.5 Å². The SMILES string of the molecule is COc1ccc(C(=O)N(CCCn2ccnc2)c2nc3c(C)ccc(C)c3s2)cc1OC.Cl. The number of hydrogen-bond acceptors (Lipinski definition) is 6. The monoisotopic (exact) mass is 486 g/mol. The van der Waals surface area contributed by atoms with E-state index in [0.29, 0.717) is 28.7 Å². The molecule has 0 aliphatic heterocycles. The first-order valence-corrected chi connectivity index (χ1v) is 11.2. The number of amides is 1. The summed E-state index contributed by atoms with van der Waals surface area (Å²) >= 11 is 1.55.